The van der Waals surface area contributed by atoms with Gasteiger partial charge in [-0.2, -0.15) is 5.26 Å². The Bertz CT molecular complexity index is 1040. The topological polar surface area (TPSA) is 114 Å². The number of carbonyl (C=O) groups is 1. The average Bonchev–Trinajstić information content (AvgIpc) is 2.69. The van der Waals surface area contributed by atoms with E-state index in [0.29, 0.717) is 22.5 Å². The zero-order chi connectivity index (χ0) is 18.5. The number of hydrogen-bond acceptors (Lipinski definition) is 7. The molecule has 2 aromatic heterocycles. The van der Waals surface area contributed by atoms with Crippen molar-refractivity contribution in [3.8, 4) is 17.5 Å². The van der Waals surface area contributed by atoms with E-state index in [1.54, 1.807) is 43.6 Å². The van der Waals surface area contributed by atoms with E-state index in [1.165, 1.54) is 17.0 Å². The van der Waals surface area contributed by atoms with Crippen LogP contribution in [0.2, 0.25) is 0 Å². The number of Topliss-reactive ketones (excluding diaryl/α,β-unsaturated/α-hetero) is 1. The maximum absolute atomic E-state index is 12.3. The van der Waals surface area contributed by atoms with Crippen LogP contribution in [0.15, 0.2) is 53.7 Å². The van der Waals surface area contributed by atoms with Gasteiger partial charge in [-0.3, -0.25) is 14.2 Å². The molecule has 1 N–H and O–H groups in total. The zero-order valence-electron chi connectivity index (χ0n) is 13.9. The molecule has 0 amide bonds. The molecule has 3 rings (SSSR count). The van der Waals surface area contributed by atoms with Crippen molar-refractivity contribution in [1.82, 2.24) is 19.5 Å². The Morgan fingerprint density at radius 2 is 2.00 bits per heavy atom. The summed E-state index contributed by atoms with van der Waals surface area (Å²) >= 11 is 0. The average molecular weight is 346 g/mol. The number of rotatable bonds is 5. The van der Waals surface area contributed by atoms with Gasteiger partial charge < -0.3 is 5.32 Å². The van der Waals surface area contributed by atoms with Crippen molar-refractivity contribution in [3.05, 3.63) is 70.4 Å². The zero-order valence-corrected chi connectivity index (χ0v) is 13.9. The highest BCUT2D eigenvalue weighted by molar-refractivity contribution is 5.98. The van der Waals surface area contributed by atoms with Crippen LogP contribution in [0.5, 0.6) is 0 Å². The molecule has 0 radical (unpaired) electrons. The molecule has 0 unspecified atom stereocenters. The first-order chi connectivity index (χ1) is 12.6. The molecule has 0 fully saturated rings. The third-order valence-corrected chi connectivity index (χ3v) is 3.72. The van der Waals surface area contributed by atoms with Gasteiger partial charge in [-0.15, -0.1) is 0 Å². The van der Waals surface area contributed by atoms with Gasteiger partial charge in [0.1, 0.15) is 6.33 Å². The molecule has 0 saturated carbocycles. The maximum atomic E-state index is 12.3. The van der Waals surface area contributed by atoms with Crippen molar-refractivity contribution in [1.29, 1.82) is 5.26 Å². The predicted molar refractivity (Wildman–Crippen MR) is 94.5 cm³/mol. The summed E-state index contributed by atoms with van der Waals surface area (Å²) in [7, 11) is 1.56. The monoisotopic (exact) mass is 346 g/mol. The molecule has 26 heavy (non-hydrogen) atoms. The van der Waals surface area contributed by atoms with Gasteiger partial charge in [0.05, 0.1) is 29.6 Å². The van der Waals surface area contributed by atoms with E-state index >= 15 is 0 Å². The van der Waals surface area contributed by atoms with Gasteiger partial charge in [-0.25, -0.2) is 15.0 Å². The number of anilines is 1. The van der Waals surface area contributed by atoms with E-state index in [9.17, 15) is 9.59 Å². The largest absolute Gasteiger partial charge is 0.348 e. The lowest BCUT2D eigenvalue weighted by atomic mass is 10.1. The van der Waals surface area contributed by atoms with Crippen LogP contribution in [0.25, 0.3) is 11.4 Å². The number of nitrogens with zero attached hydrogens (tertiary/aromatic N) is 5. The highest BCUT2D eigenvalue weighted by atomic mass is 16.1. The van der Waals surface area contributed by atoms with Gasteiger partial charge in [0.2, 0.25) is 5.95 Å². The minimum Gasteiger partial charge on any atom is -0.348 e. The molecule has 8 heteroatoms. The number of carbonyl (C=O) groups excluding carboxylic acids is 1. The highest BCUT2D eigenvalue weighted by Crippen LogP contribution is 2.13. The second-order valence-corrected chi connectivity index (χ2v) is 5.42. The summed E-state index contributed by atoms with van der Waals surface area (Å²) in [6.45, 7) is -0.0423. The molecule has 0 atom stereocenters. The first kappa shape index (κ1) is 17.0. The van der Waals surface area contributed by atoms with Gasteiger partial charge in [0.25, 0.3) is 5.56 Å². The molecule has 128 valence electrons. The lowest BCUT2D eigenvalue weighted by Gasteiger charge is -2.11. The van der Waals surface area contributed by atoms with Gasteiger partial charge in [-0.05, 0) is 18.2 Å². The van der Waals surface area contributed by atoms with Crippen molar-refractivity contribution in [2.24, 2.45) is 7.05 Å². The third-order valence-electron chi connectivity index (χ3n) is 3.72. The van der Waals surface area contributed by atoms with Gasteiger partial charge >= 0.3 is 0 Å². The smallest absolute Gasteiger partial charge is 0.255 e. The SMILES string of the molecule is Cn1c(NCC(=O)c2ccc(C#N)cc2)nc(-c2ccncn2)cc1=O. The first-order valence-corrected chi connectivity index (χ1v) is 7.70. The summed E-state index contributed by atoms with van der Waals surface area (Å²) in [6, 6.07) is 11.4. The molecular weight excluding hydrogens is 332 g/mol. The fraction of sp³-hybridized carbons (Fsp3) is 0.111. The standard InChI is InChI=1S/C18H14N6O2/c1-24-17(26)8-15(14-6-7-20-11-22-14)23-18(24)21-10-16(25)13-4-2-12(9-19)3-5-13/h2-8,11H,10H2,1H3,(H,21,23). The van der Waals surface area contributed by atoms with Crippen molar-refractivity contribution in [2.75, 3.05) is 11.9 Å². The van der Waals surface area contributed by atoms with Crippen LogP contribution in [-0.2, 0) is 7.05 Å². The third kappa shape index (κ3) is 3.62. The maximum Gasteiger partial charge on any atom is 0.255 e. The Morgan fingerprint density at radius 1 is 1.23 bits per heavy atom. The normalized spacial score (nSPS) is 10.2. The number of nitrogens with one attached hydrogen (secondary N) is 1. The highest BCUT2D eigenvalue weighted by Gasteiger charge is 2.11. The number of benzene rings is 1. The van der Waals surface area contributed by atoms with Crippen molar-refractivity contribution in [2.45, 2.75) is 0 Å². The summed E-state index contributed by atoms with van der Waals surface area (Å²) in [5, 5.41) is 11.7. The van der Waals surface area contributed by atoms with Gasteiger partial charge in [-0.1, -0.05) is 12.1 Å². The molecular formula is C18H14N6O2. The molecule has 1 aromatic carbocycles. The van der Waals surface area contributed by atoms with E-state index in [-0.39, 0.29) is 23.8 Å². The lowest BCUT2D eigenvalue weighted by Crippen LogP contribution is -2.24. The minimum absolute atomic E-state index is 0.0423. The molecule has 2 heterocycles. The summed E-state index contributed by atoms with van der Waals surface area (Å²) < 4.78 is 1.32. The number of ketones is 1. The van der Waals surface area contributed by atoms with Crippen molar-refractivity contribution in [3.63, 3.8) is 0 Å². The molecule has 8 nitrogen and oxygen atoms in total. The van der Waals surface area contributed by atoms with E-state index in [2.05, 4.69) is 20.3 Å². The van der Waals surface area contributed by atoms with E-state index in [0.717, 1.165) is 0 Å². The van der Waals surface area contributed by atoms with Gasteiger partial charge in [0.15, 0.2) is 5.78 Å². The van der Waals surface area contributed by atoms with Crippen LogP contribution < -0.4 is 10.9 Å². The van der Waals surface area contributed by atoms with Crippen molar-refractivity contribution < 1.29 is 4.79 Å². The van der Waals surface area contributed by atoms with Crippen LogP contribution in [0.3, 0.4) is 0 Å². The molecule has 0 saturated heterocycles. The Balaban J connectivity index is 1.81. The van der Waals surface area contributed by atoms with Crippen LogP contribution >= 0.6 is 0 Å². The number of hydrogen-bond donors (Lipinski definition) is 1. The summed E-state index contributed by atoms with van der Waals surface area (Å²) in [6.07, 6.45) is 2.93. The van der Waals surface area contributed by atoms with Crippen LogP contribution in [0.4, 0.5) is 5.95 Å². The predicted octanol–water partition coefficient (Wildman–Crippen LogP) is 1.40. The Labute approximate surface area is 148 Å². The van der Waals surface area contributed by atoms with Crippen LogP contribution in [0.1, 0.15) is 15.9 Å². The summed E-state index contributed by atoms with van der Waals surface area (Å²) in [4.78, 5) is 36.7. The number of aromatic nitrogens is 4. The Kier molecular flexibility index (Phi) is 4.80. The molecule has 0 spiro atoms. The number of nitriles is 1. The molecule has 0 aliphatic rings. The fourth-order valence-electron chi connectivity index (χ4n) is 2.26. The lowest BCUT2D eigenvalue weighted by molar-refractivity contribution is 0.101. The van der Waals surface area contributed by atoms with Gasteiger partial charge in [0, 0.05) is 24.9 Å². The van der Waals surface area contributed by atoms with Crippen LogP contribution in [-0.4, -0.2) is 31.8 Å². The molecule has 0 bridgehead atoms. The summed E-state index contributed by atoms with van der Waals surface area (Å²) in [5.74, 6) is 0.0734. The fourth-order valence-corrected chi connectivity index (χ4v) is 2.26. The Morgan fingerprint density at radius 3 is 2.65 bits per heavy atom. The van der Waals surface area contributed by atoms with Crippen molar-refractivity contribution >= 4 is 11.7 Å². The van der Waals surface area contributed by atoms with Crippen LogP contribution in [0, 0.1) is 11.3 Å². The molecule has 0 aliphatic heterocycles. The molecule has 0 aliphatic carbocycles. The second-order valence-electron chi connectivity index (χ2n) is 5.42. The molecule has 3 aromatic rings. The Hall–Kier alpha value is -3.86. The summed E-state index contributed by atoms with van der Waals surface area (Å²) in [5.41, 5.74) is 1.58. The quantitative estimate of drug-likeness (QED) is 0.695. The first-order valence-electron chi connectivity index (χ1n) is 7.70. The second kappa shape index (κ2) is 7.36. The van der Waals surface area contributed by atoms with E-state index < -0.39 is 0 Å². The minimum atomic E-state index is -0.276. The van der Waals surface area contributed by atoms with E-state index in [1.807, 2.05) is 6.07 Å². The van der Waals surface area contributed by atoms with E-state index in [4.69, 9.17) is 5.26 Å².